The molecule has 166 valence electrons. The van der Waals surface area contributed by atoms with Crippen LogP contribution in [0.5, 0.6) is 0 Å². The molecule has 0 aliphatic heterocycles. The van der Waals surface area contributed by atoms with Crippen molar-refractivity contribution >= 4 is 17.5 Å². The van der Waals surface area contributed by atoms with E-state index >= 15 is 0 Å². The van der Waals surface area contributed by atoms with Crippen LogP contribution in [-0.2, 0) is 19.1 Å². The van der Waals surface area contributed by atoms with Gasteiger partial charge in [-0.05, 0) is 61.7 Å². The van der Waals surface area contributed by atoms with Gasteiger partial charge in [0.15, 0.2) is 5.60 Å². The summed E-state index contributed by atoms with van der Waals surface area (Å²) in [6.45, 7) is 3.42. The largest absolute Gasteiger partial charge is 0.451 e. The molecule has 0 saturated heterocycles. The van der Waals surface area contributed by atoms with E-state index in [2.05, 4.69) is 13.0 Å². The first-order chi connectivity index (χ1) is 14.3. The summed E-state index contributed by atoms with van der Waals surface area (Å²) in [4.78, 5) is 37.3. The number of hydrogen-bond acceptors (Lipinski definition) is 6. The Morgan fingerprint density at radius 3 is 2.73 bits per heavy atom. The fourth-order valence-corrected chi connectivity index (χ4v) is 7.32. The third-order valence-electron chi connectivity index (χ3n) is 8.67. The summed E-state index contributed by atoms with van der Waals surface area (Å²) in [7, 11) is 0. The van der Waals surface area contributed by atoms with Crippen molar-refractivity contribution in [1.29, 1.82) is 0 Å². The van der Waals surface area contributed by atoms with Crippen LogP contribution in [0, 0.1) is 29.1 Å². The number of fused-ring (bicyclic) bond motifs is 5. The lowest BCUT2D eigenvalue weighted by Crippen LogP contribution is -2.58. The molecule has 2 N–H and O–H groups in total. The Morgan fingerprint density at radius 1 is 1.27 bits per heavy atom. The highest BCUT2D eigenvalue weighted by Gasteiger charge is 2.64. The first kappa shape index (κ1) is 21.7. The lowest BCUT2D eigenvalue weighted by molar-refractivity contribution is -0.182. The molecule has 0 radical (unpaired) electrons. The summed E-state index contributed by atoms with van der Waals surface area (Å²) in [5.74, 6) is -0.422. The summed E-state index contributed by atoms with van der Waals surface area (Å²) in [5, 5.41) is 21.0. The lowest BCUT2D eigenvalue weighted by atomic mass is 9.49. The number of aliphatic hydroxyl groups is 2. The topological polar surface area (TPSA) is 101 Å². The summed E-state index contributed by atoms with van der Waals surface area (Å²) < 4.78 is 5.82. The summed E-state index contributed by atoms with van der Waals surface area (Å²) in [5.41, 5.74) is -0.334. The number of allylic oxidation sites excluding steroid dienone is 2. The van der Waals surface area contributed by atoms with Gasteiger partial charge in [-0.2, -0.15) is 0 Å². The average Bonchev–Trinajstić information content (AvgIpc) is 3.07. The fraction of sp³-hybridized carbons (Fsp3) is 0.792. The Kier molecular flexibility index (Phi) is 5.69. The molecule has 6 nitrogen and oxygen atoms in total. The first-order valence-corrected chi connectivity index (χ1v) is 11.5. The Labute approximate surface area is 178 Å². The number of aliphatic hydroxyl groups excluding tert-OH is 2. The van der Waals surface area contributed by atoms with Crippen molar-refractivity contribution in [3.8, 4) is 0 Å². The molecule has 4 aliphatic carbocycles. The van der Waals surface area contributed by atoms with Crippen LogP contribution in [0.4, 0.5) is 0 Å². The summed E-state index contributed by atoms with van der Waals surface area (Å²) in [6, 6.07) is 0. The van der Waals surface area contributed by atoms with Gasteiger partial charge in [-0.3, -0.25) is 14.4 Å². The molecule has 7 unspecified atom stereocenters. The molecular weight excluding hydrogens is 384 g/mol. The van der Waals surface area contributed by atoms with Crippen LogP contribution in [-0.4, -0.2) is 46.1 Å². The predicted octanol–water partition coefficient (Wildman–Crippen LogP) is 2.74. The van der Waals surface area contributed by atoms with Gasteiger partial charge in [0.05, 0.1) is 6.10 Å². The van der Waals surface area contributed by atoms with Gasteiger partial charge in [0.1, 0.15) is 12.4 Å². The minimum absolute atomic E-state index is 0.0539. The number of Topliss-reactive ketones (excluding diaryl/α,β-unsaturated/α-hetero) is 2. The number of ketones is 2. The van der Waals surface area contributed by atoms with Crippen molar-refractivity contribution in [1.82, 2.24) is 0 Å². The molecule has 4 rings (SSSR count). The lowest BCUT2D eigenvalue weighted by Gasteiger charge is -2.56. The molecule has 6 heteroatoms. The molecule has 0 spiro atoms. The molecule has 0 bridgehead atoms. The van der Waals surface area contributed by atoms with E-state index in [9.17, 15) is 24.6 Å². The maximum atomic E-state index is 12.9. The SMILES string of the molecule is CCCC(=O)OC1(C(=O)CO)CCC2C3CC=C4CC(=O)CCC4(C)C3C(O)CC21. The highest BCUT2D eigenvalue weighted by atomic mass is 16.6. The number of esters is 1. The molecular formula is C24H34O6. The Morgan fingerprint density at radius 2 is 2.03 bits per heavy atom. The third-order valence-corrected chi connectivity index (χ3v) is 8.67. The van der Waals surface area contributed by atoms with Crippen molar-refractivity contribution in [2.75, 3.05) is 6.61 Å². The quantitative estimate of drug-likeness (QED) is 0.526. The molecule has 4 aliphatic rings. The van der Waals surface area contributed by atoms with E-state index in [1.165, 1.54) is 5.57 Å². The molecule has 0 amide bonds. The molecule has 0 aromatic carbocycles. The van der Waals surface area contributed by atoms with Gasteiger partial charge in [0.25, 0.3) is 0 Å². The van der Waals surface area contributed by atoms with Gasteiger partial charge in [0, 0.05) is 25.2 Å². The van der Waals surface area contributed by atoms with Crippen molar-refractivity contribution in [2.24, 2.45) is 29.1 Å². The second kappa shape index (κ2) is 7.86. The van der Waals surface area contributed by atoms with Crippen LogP contribution < -0.4 is 0 Å². The summed E-state index contributed by atoms with van der Waals surface area (Å²) in [6.07, 6.45) is 6.61. The van der Waals surface area contributed by atoms with Crippen LogP contribution in [0.1, 0.15) is 71.6 Å². The van der Waals surface area contributed by atoms with Crippen molar-refractivity contribution in [3.05, 3.63) is 11.6 Å². The van der Waals surface area contributed by atoms with Crippen LogP contribution in [0.3, 0.4) is 0 Å². The maximum absolute atomic E-state index is 12.9. The van der Waals surface area contributed by atoms with E-state index in [0.717, 1.165) is 19.3 Å². The van der Waals surface area contributed by atoms with Crippen LogP contribution >= 0.6 is 0 Å². The number of hydrogen-bond donors (Lipinski definition) is 2. The number of carbonyl (C=O) groups excluding carboxylic acids is 3. The van der Waals surface area contributed by atoms with Crippen molar-refractivity contribution in [2.45, 2.75) is 83.3 Å². The van der Waals surface area contributed by atoms with Crippen LogP contribution in [0.15, 0.2) is 11.6 Å². The Bertz CT molecular complexity index is 772. The number of carbonyl (C=O) groups is 3. The van der Waals surface area contributed by atoms with Crippen molar-refractivity contribution < 1.29 is 29.3 Å². The van der Waals surface area contributed by atoms with Gasteiger partial charge in [-0.1, -0.05) is 25.5 Å². The molecule has 7 atom stereocenters. The average molecular weight is 419 g/mol. The molecule has 0 aromatic rings. The second-order valence-electron chi connectivity index (χ2n) is 10.1. The normalized spacial score (nSPS) is 42.6. The van der Waals surface area contributed by atoms with Gasteiger partial charge >= 0.3 is 5.97 Å². The minimum Gasteiger partial charge on any atom is -0.451 e. The molecule has 0 heterocycles. The van der Waals surface area contributed by atoms with Gasteiger partial charge in [-0.15, -0.1) is 0 Å². The highest BCUT2D eigenvalue weighted by Crippen LogP contribution is 2.63. The zero-order chi connectivity index (χ0) is 21.7. The van der Waals surface area contributed by atoms with Crippen molar-refractivity contribution in [3.63, 3.8) is 0 Å². The molecule has 3 saturated carbocycles. The van der Waals surface area contributed by atoms with E-state index in [4.69, 9.17) is 4.74 Å². The Balaban J connectivity index is 1.67. The van der Waals surface area contributed by atoms with Gasteiger partial charge < -0.3 is 14.9 Å². The first-order valence-electron chi connectivity index (χ1n) is 11.5. The zero-order valence-electron chi connectivity index (χ0n) is 18.1. The highest BCUT2D eigenvalue weighted by molar-refractivity contribution is 5.91. The van der Waals surface area contributed by atoms with Crippen LogP contribution in [0.25, 0.3) is 0 Å². The smallest absolute Gasteiger partial charge is 0.306 e. The maximum Gasteiger partial charge on any atom is 0.306 e. The summed E-state index contributed by atoms with van der Waals surface area (Å²) >= 11 is 0. The predicted molar refractivity (Wildman–Crippen MR) is 109 cm³/mol. The standard InChI is InChI=1S/C24H34O6/c1-3-4-21(29)30-24(20(28)13-25)10-8-16-17-6-5-14-11-15(26)7-9-23(14,2)22(17)19(27)12-18(16)24/h5,16-19,22,25,27H,3-4,6-13H2,1-2H3. The van der Waals surface area contributed by atoms with E-state index in [1.54, 1.807) is 0 Å². The third kappa shape index (κ3) is 3.18. The van der Waals surface area contributed by atoms with E-state index in [-0.39, 0.29) is 41.3 Å². The monoisotopic (exact) mass is 418 g/mol. The minimum atomic E-state index is -1.31. The molecule has 30 heavy (non-hydrogen) atoms. The molecule has 0 aromatic heterocycles. The fourth-order valence-electron chi connectivity index (χ4n) is 7.32. The van der Waals surface area contributed by atoms with E-state index in [0.29, 0.717) is 32.1 Å². The second-order valence-corrected chi connectivity index (χ2v) is 10.1. The van der Waals surface area contributed by atoms with Gasteiger partial charge in [-0.25, -0.2) is 0 Å². The van der Waals surface area contributed by atoms with E-state index in [1.807, 2.05) is 6.92 Å². The number of ether oxygens (including phenoxy) is 1. The van der Waals surface area contributed by atoms with E-state index < -0.39 is 30.1 Å². The van der Waals surface area contributed by atoms with Gasteiger partial charge in [0.2, 0.25) is 5.78 Å². The number of rotatable bonds is 5. The zero-order valence-corrected chi connectivity index (χ0v) is 18.1. The Hall–Kier alpha value is -1.53. The van der Waals surface area contributed by atoms with Crippen LogP contribution in [0.2, 0.25) is 0 Å². The molecule has 3 fully saturated rings.